The second-order valence-electron chi connectivity index (χ2n) is 6.02. The average molecular weight is 236 g/mol. The van der Waals surface area contributed by atoms with Crippen LogP contribution in [0.15, 0.2) is 0 Å². The quantitative estimate of drug-likeness (QED) is 0.792. The lowest BCUT2D eigenvalue weighted by atomic mass is 9.83. The lowest BCUT2D eigenvalue weighted by Gasteiger charge is -2.39. The fraction of sp³-hybridized carbons (Fsp3) is 0.929. The Morgan fingerprint density at radius 1 is 1.06 bits per heavy atom. The van der Waals surface area contributed by atoms with Crippen LogP contribution in [0.3, 0.4) is 0 Å². The first-order chi connectivity index (χ1) is 8.34. The zero-order valence-electron chi connectivity index (χ0n) is 10.7. The molecule has 2 unspecified atom stereocenters. The van der Waals surface area contributed by atoms with Gasteiger partial charge in [-0.2, -0.15) is 0 Å². The molecule has 0 radical (unpaired) electrons. The van der Waals surface area contributed by atoms with Crippen molar-refractivity contribution >= 4 is 5.91 Å². The number of nitrogens with one attached hydrogen (secondary N) is 1. The molecular weight excluding hydrogens is 212 g/mol. The van der Waals surface area contributed by atoms with Gasteiger partial charge in [0.25, 0.3) is 0 Å². The number of nitrogens with zero attached hydrogens (tertiary/aromatic N) is 1. The van der Waals surface area contributed by atoms with Crippen molar-refractivity contribution in [2.24, 2.45) is 11.8 Å². The van der Waals surface area contributed by atoms with Gasteiger partial charge in [0.05, 0.1) is 0 Å². The van der Waals surface area contributed by atoms with Crippen molar-refractivity contribution < 1.29 is 4.79 Å². The van der Waals surface area contributed by atoms with Gasteiger partial charge in [0.2, 0.25) is 5.91 Å². The molecule has 0 aromatic rings. The first-order valence-corrected chi connectivity index (χ1v) is 7.37. The van der Waals surface area contributed by atoms with Gasteiger partial charge in [0, 0.05) is 25.0 Å². The van der Waals surface area contributed by atoms with Crippen molar-refractivity contribution in [2.75, 3.05) is 19.6 Å². The standard InChI is InChI=1S/C14H24N2O/c17-14(11-4-1-5-11)16-9-3-6-12(10-16)13-7-2-8-15-13/h11-13,15H,1-10H2. The van der Waals surface area contributed by atoms with Crippen molar-refractivity contribution in [3.8, 4) is 0 Å². The fourth-order valence-corrected chi connectivity index (χ4v) is 3.57. The van der Waals surface area contributed by atoms with Crippen molar-refractivity contribution in [1.82, 2.24) is 10.2 Å². The van der Waals surface area contributed by atoms with Gasteiger partial charge < -0.3 is 10.2 Å². The third-order valence-electron chi connectivity index (χ3n) is 4.89. The summed E-state index contributed by atoms with van der Waals surface area (Å²) < 4.78 is 0. The fourth-order valence-electron chi connectivity index (χ4n) is 3.57. The highest BCUT2D eigenvalue weighted by Crippen LogP contribution is 2.31. The van der Waals surface area contributed by atoms with E-state index in [0.29, 0.717) is 17.9 Å². The zero-order valence-corrected chi connectivity index (χ0v) is 10.7. The Bertz CT molecular complexity index is 282. The highest BCUT2D eigenvalue weighted by Gasteiger charge is 2.34. The van der Waals surface area contributed by atoms with E-state index in [1.807, 2.05) is 0 Å². The number of likely N-dealkylation sites (tertiary alicyclic amines) is 1. The maximum Gasteiger partial charge on any atom is 0.225 e. The maximum atomic E-state index is 12.2. The summed E-state index contributed by atoms with van der Waals surface area (Å²) in [4.78, 5) is 14.4. The second kappa shape index (κ2) is 4.97. The molecule has 96 valence electrons. The van der Waals surface area contributed by atoms with Crippen LogP contribution in [-0.4, -0.2) is 36.5 Å². The summed E-state index contributed by atoms with van der Waals surface area (Å²) in [5, 5.41) is 3.61. The van der Waals surface area contributed by atoms with E-state index in [4.69, 9.17) is 0 Å². The van der Waals surface area contributed by atoms with E-state index in [2.05, 4.69) is 10.2 Å². The summed E-state index contributed by atoms with van der Waals surface area (Å²) in [6.45, 7) is 3.21. The predicted octanol–water partition coefficient (Wildman–Crippen LogP) is 1.78. The molecule has 2 aliphatic heterocycles. The number of amides is 1. The van der Waals surface area contributed by atoms with Crippen LogP contribution in [-0.2, 0) is 4.79 Å². The monoisotopic (exact) mass is 236 g/mol. The molecule has 1 N–H and O–H groups in total. The molecule has 0 spiro atoms. The van der Waals surface area contributed by atoms with Gasteiger partial charge in [-0.15, -0.1) is 0 Å². The number of rotatable bonds is 2. The summed E-state index contributed by atoms with van der Waals surface area (Å²) in [5.74, 6) is 1.56. The largest absolute Gasteiger partial charge is 0.342 e. The summed E-state index contributed by atoms with van der Waals surface area (Å²) in [7, 11) is 0. The van der Waals surface area contributed by atoms with Gasteiger partial charge in [-0.1, -0.05) is 6.42 Å². The number of hydrogen-bond donors (Lipinski definition) is 1. The van der Waals surface area contributed by atoms with E-state index >= 15 is 0 Å². The van der Waals surface area contributed by atoms with Crippen molar-refractivity contribution in [3.63, 3.8) is 0 Å². The van der Waals surface area contributed by atoms with E-state index in [-0.39, 0.29) is 0 Å². The van der Waals surface area contributed by atoms with Crippen molar-refractivity contribution in [2.45, 2.75) is 51.0 Å². The minimum Gasteiger partial charge on any atom is -0.342 e. The van der Waals surface area contributed by atoms with Crippen LogP contribution >= 0.6 is 0 Å². The molecule has 3 heteroatoms. The van der Waals surface area contributed by atoms with E-state index < -0.39 is 0 Å². The molecule has 1 aliphatic carbocycles. The molecule has 1 amide bonds. The molecule has 0 aromatic carbocycles. The van der Waals surface area contributed by atoms with Gasteiger partial charge in [-0.05, 0) is 51.0 Å². The smallest absolute Gasteiger partial charge is 0.225 e. The topological polar surface area (TPSA) is 32.3 Å². The van der Waals surface area contributed by atoms with Crippen LogP contribution in [0, 0.1) is 11.8 Å². The van der Waals surface area contributed by atoms with Crippen LogP contribution in [0.2, 0.25) is 0 Å². The molecule has 17 heavy (non-hydrogen) atoms. The van der Waals surface area contributed by atoms with Gasteiger partial charge >= 0.3 is 0 Å². The van der Waals surface area contributed by atoms with Crippen LogP contribution in [0.1, 0.15) is 44.9 Å². The average Bonchev–Trinajstić information content (AvgIpc) is 2.80. The van der Waals surface area contributed by atoms with Gasteiger partial charge in [0.1, 0.15) is 0 Å². The molecule has 1 saturated carbocycles. The zero-order chi connectivity index (χ0) is 11.7. The summed E-state index contributed by atoms with van der Waals surface area (Å²) in [6, 6.07) is 0.687. The Hall–Kier alpha value is -0.570. The molecule has 3 nitrogen and oxygen atoms in total. The lowest BCUT2D eigenvalue weighted by Crippen LogP contribution is -2.48. The number of carbonyl (C=O) groups excluding carboxylic acids is 1. The maximum absolute atomic E-state index is 12.2. The molecule has 2 atom stereocenters. The van der Waals surface area contributed by atoms with Crippen LogP contribution in [0.4, 0.5) is 0 Å². The SMILES string of the molecule is O=C(C1CCC1)N1CCCC(C2CCCN2)C1. The Balaban J connectivity index is 1.56. The van der Waals surface area contributed by atoms with Crippen LogP contribution in [0.25, 0.3) is 0 Å². The van der Waals surface area contributed by atoms with Crippen molar-refractivity contribution in [3.05, 3.63) is 0 Å². The minimum atomic E-state index is 0.380. The number of piperidine rings is 1. The first-order valence-electron chi connectivity index (χ1n) is 7.37. The second-order valence-corrected chi connectivity index (χ2v) is 6.02. The molecule has 2 saturated heterocycles. The number of hydrogen-bond acceptors (Lipinski definition) is 2. The Morgan fingerprint density at radius 2 is 1.94 bits per heavy atom. The molecular formula is C14H24N2O. The summed E-state index contributed by atoms with van der Waals surface area (Å²) in [5.41, 5.74) is 0. The third kappa shape index (κ3) is 2.35. The van der Waals surface area contributed by atoms with E-state index in [1.54, 1.807) is 0 Å². The van der Waals surface area contributed by atoms with Gasteiger partial charge in [0.15, 0.2) is 0 Å². The normalized spacial score (nSPS) is 34.7. The van der Waals surface area contributed by atoms with Crippen LogP contribution < -0.4 is 5.32 Å². The van der Waals surface area contributed by atoms with Crippen LogP contribution in [0.5, 0.6) is 0 Å². The number of carbonyl (C=O) groups is 1. The molecule has 3 aliphatic rings. The highest BCUT2D eigenvalue weighted by molar-refractivity contribution is 5.79. The predicted molar refractivity (Wildman–Crippen MR) is 67.7 cm³/mol. The molecule has 3 fully saturated rings. The minimum absolute atomic E-state index is 0.380. The van der Waals surface area contributed by atoms with E-state index in [0.717, 1.165) is 31.8 Å². The Labute approximate surface area is 104 Å². The molecule has 2 heterocycles. The molecule has 3 rings (SSSR count). The highest BCUT2D eigenvalue weighted by atomic mass is 16.2. The van der Waals surface area contributed by atoms with Gasteiger partial charge in [-0.3, -0.25) is 4.79 Å². The lowest BCUT2D eigenvalue weighted by molar-refractivity contribution is -0.140. The van der Waals surface area contributed by atoms with Crippen molar-refractivity contribution in [1.29, 1.82) is 0 Å². The van der Waals surface area contributed by atoms with E-state index in [9.17, 15) is 4.79 Å². The third-order valence-corrected chi connectivity index (χ3v) is 4.89. The Kier molecular flexibility index (Phi) is 3.37. The molecule has 0 bridgehead atoms. The van der Waals surface area contributed by atoms with Gasteiger partial charge in [-0.25, -0.2) is 0 Å². The summed E-state index contributed by atoms with van der Waals surface area (Å²) >= 11 is 0. The molecule has 0 aromatic heterocycles. The van der Waals surface area contributed by atoms with E-state index in [1.165, 1.54) is 38.6 Å². The Morgan fingerprint density at radius 3 is 2.59 bits per heavy atom. The summed E-state index contributed by atoms with van der Waals surface area (Å²) in [6.07, 6.45) is 8.70. The first kappa shape index (κ1) is 11.5.